The van der Waals surface area contributed by atoms with Gasteiger partial charge in [0.15, 0.2) is 0 Å². The largest absolute Gasteiger partial charge is 0.512 e. The quantitative estimate of drug-likeness (QED) is 0.0288. The van der Waals surface area contributed by atoms with Crippen LogP contribution in [0.4, 0.5) is 11.9 Å². The first-order valence-electron chi connectivity index (χ1n) is 47.5. The summed E-state index contributed by atoms with van der Waals surface area (Å²) in [6, 6.07) is 25.4. The normalized spacial score (nSPS) is 19.4. The van der Waals surface area contributed by atoms with Crippen molar-refractivity contribution in [2.45, 2.75) is 331 Å². The Balaban J connectivity index is 0.000000245. The van der Waals surface area contributed by atoms with Gasteiger partial charge in [0, 0.05) is 104 Å². The molecular weight excluding hydrogens is 2200 g/mol. The van der Waals surface area contributed by atoms with Crippen LogP contribution in [-0.2, 0) is 93.1 Å². The molecule has 3 amide bonds. The van der Waals surface area contributed by atoms with Gasteiger partial charge in [-0.1, -0.05) is 129 Å². The zero-order valence-corrected chi connectivity index (χ0v) is 93.8. The number of aromatic nitrogens is 9. The van der Waals surface area contributed by atoms with Crippen molar-refractivity contribution in [3.63, 3.8) is 0 Å². The van der Waals surface area contributed by atoms with Crippen LogP contribution in [-0.4, -0.2) is 152 Å². The van der Waals surface area contributed by atoms with Crippen molar-refractivity contribution in [3.05, 3.63) is 215 Å². The van der Waals surface area contributed by atoms with Gasteiger partial charge in [-0.2, -0.15) is 0 Å². The molecule has 750 valence electrons. The van der Waals surface area contributed by atoms with Crippen molar-refractivity contribution in [3.8, 4) is 22.6 Å². The summed E-state index contributed by atoms with van der Waals surface area (Å²) in [6.45, 7) is 55.9. The fraction of sp³-hybridized carbons (Fsp3) is 0.529. The Morgan fingerprint density at radius 2 is 0.766 bits per heavy atom. The molecule has 3 atom stereocenters. The molecule has 2 radical (unpaired) electrons. The number of nitrogens with zero attached hydrogens (tertiary/aromatic N) is 6. The summed E-state index contributed by atoms with van der Waals surface area (Å²) in [5.74, 6) is 1.08. The second kappa shape index (κ2) is 49.4. The van der Waals surface area contributed by atoms with E-state index in [2.05, 4.69) is 207 Å². The summed E-state index contributed by atoms with van der Waals surface area (Å²) in [7, 11) is 4.56. The van der Waals surface area contributed by atoms with E-state index >= 15 is 0 Å². The number of hydrogen-bond donors (Lipinski definition) is 8. The Hall–Kier alpha value is -8.27. The van der Waals surface area contributed by atoms with Crippen molar-refractivity contribution in [1.29, 1.82) is 0 Å². The van der Waals surface area contributed by atoms with E-state index in [9.17, 15) is 24.0 Å². The minimum atomic E-state index is -0.476. The van der Waals surface area contributed by atoms with E-state index in [1.807, 2.05) is 199 Å². The number of amides is 3. The third-order valence-electron chi connectivity index (χ3n) is 25.3. The minimum Gasteiger partial charge on any atom is -0.448 e. The molecule has 2 aromatic carbocycles. The first-order valence-corrected chi connectivity index (χ1v) is 48.6. The molecule has 33 heteroatoms. The van der Waals surface area contributed by atoms with Gasteiger partial charge >= 0.3 is 21.1 Å². The molecular formula is C104H154B3IIr2N14O13+2. The Morgan fingerprint density at radius 3 is 1.14 bits per heavy atom. The average molecular weight is 2350 g/mol. The van der Waals surface area contributed by atoms with Crippen LogP contribution < -0.4 is 43.3 Å². The maximum atomic E-state index is 12.9. The third-order valence-corrected chi connectivity index (χ3v) is 26.2. The molecule has 6 aliphatic heterocycles. The number of allylic oxidation sites excluding steroid dienone is 8. The topological polar surface area (TPSA) is 355 Å². The summed E-state index contributed by atoms with van der Waals surface area (Å²) < 4.78 is 39.9. The standard InChI is InChI=1S/C21H25N5O2.C18H24N2.C14H21BN2O3.C13H16IN3O.C12H24B2O4.C8H10N2O.2C8H12.2CH4O.2Ir/c1-6-14-17-13(18(27)23-14)10-15(22-17)11-8-7-9-12-16(11)24-20(25-21(2,3)4)26(5)19(12)28;1-17(2,3)13-7-9-19-15(11-13)16-12-14(8-10-20-16)18(4,5)6;1-6-9-11-8(12(18)16-9)7-10(17-11)15-19-13(2,3)14(4,5)20-15;1-13(2,3)16-12-15-10-8(11(18)17(12)4)6-5-7-9(10)14;1-9(2)10(3,4)16-13(15-9)14-17-11(5,6)12(7,8)18-14;1-2-6-7-5(3-4-9-7)8(11)10-6;2*1-2-4-6-8-7-5-3-1;2*1-2;;/h7-10,14,22H,6H2,1-5H3,(H,23,27)(H,24,25);7-12H,1-6H3;7,9,17H,6H2,1-5H3,(H,16,18);5-7H,1-4H3,(H,15,16);1-8H3;3-4,6,9H,2H2,1H3,(H,10,11);2*1-2,7-8H,3-6H2;2*2H,1H3;;/p+2/b;;;;;;2*2-1-,8-7?;;;;/t14-;;9-;;;6-;;;;;;/m1.1..1....../s1. The molecule has 17 rings (SSSR count). The van der Waals surface area contributed by atoms with E-state index in [-0.39, 0.29) is 143 Å². The molecule has 7 aromatic heterocycles. The second-order valence-electron chi connectivity index (χ2n) is 41.7. The third kappa shape index (κ3) is 30.2. The van der Waals surface area contributed by atoms with Gasteiger partial charge in [0.2, 0.25) is 11.9 Å². The molecule has 12 N–H and O–H groups in total. The number of nitrogens with one attached hydrogen (secondary N) is 8. The van der Waals surface area contributed by atoms with Gasteiger partial charge < -0.3 is 79.7 Å². The van der Waals surface area contributed by atoms with E-state index < -0.39 is 21.1 Å². The maximum absolute atomic E-state index is 12.9. The summed E-state index contributed by atoms with van der Waals surface area (Å²) in [5.41, 5.74) is 10.9. The monoisotopic (exact) mass is 2350 g/mol. The van der Waals surface area contributed by atoms with Crippen LogP contribution in [0.2, 0.25) is 0 Å². The molecule has 8 aliphatic rings. The fourth-order valence-corrected chi connectivity index (χ4v) is 15.9. The number of pyridine rings is 2. The molecule has 27 nitrogen and oxygen atoms in total. The van der Waals surface area contributed by atoms with Gasteiger partial charge in [0.1, 0.15) is 14.2 Å². The van der Waals surface area contributed by atoms with E-state index in [0.717, 1.165) is 79.2 Å². The number of halogens is 1. The average Bonchev–Trinajstić information content (AvgIpc) is 1.59. The first-order chi connectivity index (χ1) is 63.1. The van der Waals surface area contributed by atoms with Gasteiger partial charge in [-0.05, 0) is 300 Å². The number of aromatic amines is 3. The van der Waals surface area contributed by atoms with Crippen molar-refractivity contribution >= 4 is 101 Å². The molecule has 3 saturated heterocycles. The van der Waals surface area contributed by atoms with Gasteiger partial charge in [0.25, 0.3) is 28.8 Å². The van der Waals surface area contributed by atoms with Gasteiger partial charge in [-0.3, -0.25) is 43.1 Å². The second-order valence-corrected chi connectivity index (χ2v) is 42.9. The molecule has 0 bridgehead atoms. The number of para-hydroxylation sites is 2. The van der Waals surface area contributed by atoms with Crippen LogP contribution in [0.25, 0.3) is 44.5 Å². The molecule has 0 unspecified atom stereocenters. The SMILES string of the molecule is C1=CCC/C=C\CC1.C1=CCC/C=C\CC1.CC(C)(C)c1ccnc(-c2cc(C(C)(C)C)ccn2)c1.CC1(C)OB(B2OC(C)(C)C(C)(C)O2)OC1(C)C.CC[C@H]1NC(=O)c2cc(-c3cccc4c(=O)n(C)c(NC(C)(C)C)nc34)[nH]c21.CC[C@H]1NC(=O)c2cc(B3OC(C)(C)C(C)(C)O3)[nH]c21.CC[C@H]1NC(=O)c2cc[nH]c21.C[OH2+].C[OH2+].Cn1c(NC(C)(C)C)nc2c(I)cccc2c1=O.[Ir].[Ir]. The number of rotatable bonds is 9. The smallest absolute Gasteiger partial charge is 0.448 e. The van der Waals surface area contributed by atoms with E-state index in [1.165, 1.54) is 81.3 Å². The van der Waals surface area contributed by atoms with Gasteiger partial charge in [-0.25, -0.2) is 9.97 Å². The van der Waals surface area contributed by atoms with Crippen LogP contribution in [0.1, 0.15) is 335 Å². The van der Waals surface area contributed by atoms with Gasteiger partial charge in [0.05, 0.1) is 119 Å². The number of fused-ring (bicyclic) bond motifs is 5. The predicted molar refractivity (Wildman–Crippen MR) is 562 cm³/mol. The molecule has 9 aromatic rings. The molecule has 137 heavy (non-hydrogen) atoms. The minimum absolute atomic E-state index is 0. The van der Waals surface area contributed by atoms with Crippen molar-refractivity contribution in [2.75, 3.05) is 24.9 Å². The van der Waals surface area contributed by atoms with Crippen LogP contribution in [0.5, 0.6) is 0 Å². The van der Waals surface area contributed by atoms with Gasteiger partial charge in [-0.15, -0.1) is 0 Å². The Kier molecular flexibility index (Phi) is 42.4. The Bertz CT molecular complexity index is 5570. The van der Waals surface area contributed by atoms with Crippen LogP contribution >= 0.6 is 22.6 Å². The molecule has 13 heterocycles. The number of anilines is 2. The van der Waals surface area contributed by atoms with Crippen LogP contribution in [0.3, 0.4) is 0 Å². The van der Waals surface area contributed by atoms with Crippen molar-refractivity contribution < 1.29 is 92.7 Å². The van der Waals surface area contributed by atoms with E-state index in [0.29, 0.717) is 39.3 Å². The summed E-state index contributed by atoms with van der Waals surface area (Å²) in [4.78, 5) is 88.6. The molecule has 0 saturated carbocycles. The summed E-state index contributed by atoms with van der Waals surface area (Å²) in [6.07, 6.45) is 36.2. The predicted octanol–water partition coefficient (Wildman–Crippen LogP) is 19.8. The Morgan fingerprint density at radius 1 is 0.431 bits per heavy atom. The molecule has 2 aliphatic carbocycles. The number of carbonyl (C=O) groups excluding carboxylic acids is 3. The summed E-state index contributed by atoms with van der Waals surface area (Å²) >= 11 is 2.20. The summed E-state index contributed by atoms with van der Waals surface area (Å²) in [5, 5.41) is 28.1. The van der Waals surface area contributed by atoms with Crippen LogP contribution in [0, 0.1) is 3.57 Å². The maximum Gasteiger partial charge on any atom is 0.512 e. The number of hydrogen-bond acceptors (Lipinski definition) is 17. The zero-order valence-electron chi connectivity index (χ0n) is 86.8. The van der Waals surface area contributed by atoms with Crippen molar-refractivity contribution in [1.82, 2.24) is 60.0 Å². The van der Waals surface area contributed by atoms with E-state index in [4.69, 9.17) is 43.1 Å². The van der Waals surface area contributed by atoms with E-state index in [1.54, 1.807) is 24.7 Å². The molecule has 0 spiro atoms. The number of carbonyl (C=O) groups is 3. The fourth-order valence-electron chi connectivity index (χ4n) is 15.3. The first kappa shape index (κ1) is 117. The number of H-pyrrole nitrogens is 3. The number of benzene rings is 2. The zero-order chi connectivity index (χ0) is 101. The Labute approximate surface area is 855 Å². The van der Waals surface area contributed by atoms with Crippen molar-refractivity contribution in [2.24, 2.45) is 14.1 Å². The van der Waals surface area contributed by atoms with Crippen LogP contribution in [0.15, 0.2) is 156 Å². The molecule has 3 fully saturated rings.